The van der Waals surface area contributed by atoms with Gasteiger partial charge in [-0.1, -0.05) is 0 Å². The molecule has 1 aromatic heterocycles. The number of methoxy groups -OCH3 is 1. The van der Waals surface area contributed by atoms with Crippen LogP contribution in [-0.4, -0.2) is 49.4 Å². The fourth-order valence-corrected chi connectivity index (χ4v) is 3.44. The number of nitrogens with zero attached hydrogens (tertiary/aromatic N) is 2. The molecule has 0 aliphatic heterocycles. The molecule has 0 radical (unpaired) electrons. The number of hydrogen-bond donors (Lipinski definition) is 2. The molecule has 2 N–H and O–H groups in total. The van der Waals surface area contributed by atoms with Crippen LogP contribution in [-0.2, 0) is 11.4 Å². The predicted molar refractivity (Wildman–Crippen MR) is 89.3 cm³/mol. The first-order valence-corrected chi connectivity index (χ1v) is 8.32. The Bertz CT molecular complexity index is 496. The van der Waals surface area contributed by atoms with Gasteiger partial charge in [0.1, 0.15) is 10.5 Å². The molecule has 6 nitrogen and oxygen atoms in total. The Hall–Kier alpha value is -0.795. The van der Waals surface area contributed by atoms with Crippen LogP contribution in [0.15, 0.2) is 12.3 Å². The third kappa shape index (κ3) is 4.36. The van der Waals surface area contributed by atoms with Gasteiger partial charge in [-0.3, -0.25) is 4.98 Å². The minimum atomic E-state index is -1.65. The van der Waals surface area contributed by atoms with Gasteiger partial charge in [0.05, 0.1) is 25.0 Å². The van der Waals surface area contributed by atoms with Crippen LogP contribution in [0.3, 0.4) is 0 Å². The van der Waals surface area contributed by atoms with Crippen molar-refractivity contribution < 1.29 is 19.3 Å². The fourth-order valence-electron chi connectivity index (χ4n) is 2.11. The van der Waals surface area contributed by atoms with Crippen molar-refractivity contribution in [2.45, 2.75) is 45.4 Å². The van der Waals surface area contributed by atoms with Crippen LogP contribution in [0.2, 0.25) is 0 Å². The molecule has 0 saturated heterocycles. The van der Waals surface area contributed by atoms with E-state index in [0.717, 1.165) is 0 Å². The molecule has 124 valence electrons. The Labute approximate surface area is 136 Å². The Morgan fingerprint density at radius 2 is 2.05 bits per heavy atom. The summed E-state index contributed by atoms with van der Waals surface area (Å²) in [6.07, 6.45) is 1.45. The molecule has 0 bridgehead atoms. The normalized spacial score (nSPS) is 14.8. The number of rotatable bonds is 6. The monoisotopic (exact) mass is 328 g/mol. The molecule has 0 aromatic carbocycles. The molecule has 1 rings (SSSR count). The zero-order valence-corrected chi connectivity index (χ0v) is 14.8. The quantitative estimate of drug-likeness (QED) is 0.588. The second-order valence-electron chi connectivity index (χ2n) is 6.00. The van der Waals surface area contributed by atoms with Crippen LogP contribution in [0.25, 0.3) is 0 Å². The van der Waals surface area contributed by atoms with Crippen molar-refractivity contribution in [3.8, 4) is 5.75 Å². The molecule has 0 amide bonds. The van der Waals surface area contributed by atoms with Gasteiger partial charge in [0.2, 0.25) is 0 Å². The minimum absolute atomic E-state index is 0.228. The van der Waals surface area contributed by atoms with Crippen molar-refractivity contribution >= 4 is 23.9 Å². The molecular weight excluding hydrogens is 303 g/mol. The largest absolute Gasteiger partial charge is 0.597 e. The Kier molecular flexibility index (Phi) is 6.70. The first kappa shape index (κ1) is 19.3. The predicted octanol–water partition coefficient (Wildman–Crippen LogP) is 0.615. The van der Waals surface area contributed by atoms with Gasteiger partial charge in [0.25, 0.3) is 0 Å². The van der Waals surface area contributed by atoms with Gasteiger partial charge in [0, 0.05) is 23.4 Å². The highest BCUT2D eigenvalue weighted by Gasteiger charge is 2.36. The molecule has 0 aliphatic carbocycles. The van der Waals surface area contributed by atoms with E-state index in [1.165, 1.54) is 13.3 Å². The Balaban J connectivity index is 3.15. The van der Waals surface area contributed by atoms with E-state index in [1.807, 2.05) is 38.9 Å². The van der Waals surface area contributed by atoms with Crippen molar-refractivity contribution in [3.63, 3.8) is 0 Å². The second-order valence-corrected chi connectivity index (χ2v) is 8.19. The lowest BCUT2D eigenvalue weighted by molar-refractivity contribution is 0.338. The van der Waals surface area contributed by atoms with E-state index in [0.29, 0.717) is 18.0 Å². The third-order valence-corrected chi connectivity index (χ3v) is 5.37. The summed E-state index contributed by atoms with van der Waals surface area (Å²) in [5.74, 6) is 0.311. The summed E-state index contributed by atoms with van der Waals surface area (Å²) in [5.41, 5.74) is 0.861. The highest BCUT2D eigenvalue weighted by Crippen LogP contribution is 2.28. The van der Waals surface area contributed by atoms with Crippen LogP contribution < -0.4 is 10.2 Å². The maximum atomic E-state index is 12.6. The number of pyridine rings is 1. The summed E-state index contributed by atoms with van der Waals surface area (Å²) in [6.45, 7) is 10.2. The van der Waals surface area contributed by atoms with Crippen molar-refractivity contribution in [2.24, 2.45) is 0 Å². The average Bonchev–Trinajstić information content (AvgIpc) is 2.45. The van der Waals surface area contributed by atoms with Crippen LogP contribution >= 0.6 is 0 Å². The zero-order chi connectivity index (χ0) is 17.1. The molecular formula is C14H25BN2O4S. The Morgan fingerprint density at radius 3 is 2.45 bits per heavy atom. The topological polar surface area (TPSA) is 88.9 Å². The SMILES string of the molecule is CCN(C(C)c1cc(B(O)O)c(OC)cn1)[S+]([O-])C(C)(C)C. The van der Waals surface area contributed by atoms with E-state index in [9.17, 15) is 14.6 Å². The highest BCUT2D eigenvalue weighted by atomic mass is 32.2. The summed E-state index contributed by atoms with van der Waals surface area (Å²) in [7, 11) is -0.203. The summed E-state index contributed by atoms with van der Waals surface area (Å²) >= 11 is -1.19. The molecule has 1 heterocycles. The molecule has 22 heavy (non-hydrogen) atoms. The molecule has 2 atom stereocenters. The highest BCUT2D eigenvalue weighted by molar-refractivity contribution is 7.90. The van der Waals surface area contributed by atoms with Crippen molar-refractivity contribution in [1.82, 2.24) is 9.29 Å². The number of ether oxygens (including phenoxy) is 1. The molecule has 8 heteroatoms. The van der Waals surface area contributed by atoms with E-state index in [1.54, 1.807) is 6.07 Å². The van der Waals surface area contributed by atoms with Gasteiger partial charge < -0.3 is 19.3 Å². The van der Waals surface area contributed by atoms with E-state index >= 15 is 0 Å². The lowest BCUT2D eigenvalue weighted by Crippen LogP contribution is -2.44. The lowest BCUT2D eigenvalue weighted by atomic mass is 9.79. The lowest BCUT2D eigenvalue weighted by Gasteiger charge is -2.35. The van der Waals surface area contributed by atoms with Crippen LogP contribution in [0.5, 0.6) is 5.75 Å². The second kappa shape index (κ2) is 7.65. The van der Waals surface area contributed by atoms with Crippen LogP contribution in [0, 0.1) is 0 Å². The minimum Gasteiger partial charge on any atom is -0.597 e. The summed E-state index contributed by atoms with van der Waals surface area (Å²) in [5, 5.41) is 18.9. The summed E-state index contributed by atoms with van der Waals surface area (Å²) in [4.78, 5) is 4.30. The van der Waals surface area contributed by atoms with Crippen molar-refractivity contribution in [3.05, 3.63) is 18.0 Å². The molecule has 0 spiro atoms. The Morgan fingerprint density at radius 1 is 1.45 bits per heavy atom. The van der Waals surface area contributed by atoms with E-state index < -0.39 is 18.5 Å². The number of aromatic nitrogens is 1. The summed E-state index contributed by atoms with van der Waals surface area (Å²) in [6, 6.07) is 1.35. The van der Waals surface area contributed by atoms with E-state index in [4.69, 9.17) is 4.74 Å². The van der Waals surface area contributed by atoms with Crippen molar-refractivity contribution in [2.75, 3.05) is 13.7 Å². The van der Waals surface area contributed by atoms with E-state index in [2.05, 4.69) is 4.98 Å². The zero-order valence-electron chi connectivity index (χ0n) is 14.0. The van der Waals surface area contributed by atoms with Gasteiger partial charge >= 0.3 is 7.12 Å². The third-order valence-electron chi connectivity index (χ3n) is 3.33. The van der Waals surface area contributed by atoms with Gasteiger partial charge in [-0.2, -0.15) is 0 Å². The molecule has 0 saturated carbocycles. The van der Waals surface area contributed by atoms with Crippen molar-refractivity contribution in [1.29, 1.82) is 0 Å². The van der Waals surface area contributed by atoms with Crippen LogP contribution in [0.1, 0.15) is 46.4 Å². The van der Waals surface area contributed by atoms with Gasteiger partial charge in [-0.15, -0.1) is 4.31 Å². The van der Waals surface area contributed by atoms with Gasteiger partial charge in [-0.05, 0) is 40.7 Å². The standard InChI is InChI=1S/C14H25BN2O4S/c1-7-17(22(20)14(3,4)5)10(2)12-8-11(15(18)19)13(21-6)9-16-12/h8-10,18-19H,7H2,1-6H3. The summed E-state index contributed by atoms with van der Waals surface area (Å²) < 4.78 is 19.2. The first-order chi connectivity index (χ1) is 10.1. The molecule has 0 fully saturated rings. The maximum Gasteiger partial charge on any atom is 0.492 e. The number of hydrogen-bond acceptors (Lipinski definition) is 6. The molecule has 2 unspecified atom stereocenters. The van der Waals surface area contributed by atoms with Crippen LogP contribution in [0.4, 0.5) is 0 Å². The van der Waals surface area contributed by atoms with Gasteiger partial charge in [0.15, 0.2) is 0 Å². The van der Waals surface area contributed by atoms with E-state index in [-0.39, 0.29) is 16.3 Å². The smallest absolute Gasteiger partial charge is 0.492 e. The van der Waals surface area contributed by atoms with Gasteiger partial charge in [-0.25, -0.2) is 0 Å². The molecule has 1 aromatic rings. The fraction of sp³-hybridized carbons (Fsp3) is 0.643. The first-order valence-electron chi connectivity index (χ1n) is 7.22. The maximum absolute atomic E-state index is 12.6. The molecule has 0 aliphatic rings. The average molecular weight is 328 g/mol.